The minimum absolute atomic E-state index is 0.0351. The Hall–Kier alpha value is -1.46. The van der Waals surface area contributed by atoms with Crippen molar-refractivity contribution < 1.29 is 14.3 Å². The molecule has 6 heteroatoms. The van der Waals surface area contributed by atoms with Gasteiger partial charge in [-0.1, -0.05) is 11.6 Å². The van der Waals surface area contributed by atoms with Gasteiger partial charge in [-0.2, -0.15) is 0 Å². The number of hydrogen-bond acceptors (Lipinski definition) is 4. The van der Waals surface area contributed by atoms with Gasteiger partial charge in [-0.15, -0.1) is 0 Å². The van der Waals surface area contributed by atoms with Crippen molar-refractivity contribution in [2.24, 2.45) is 5.92 Å². The number of nitrogens with one attached hydrogen (secondary N) is 1. The second-order valence-corrected chi connectivity index (χ2v) is 6.40. The van der Waals surface area contributed by atoms with Crippen LogP contribution in [0.2, 0.25) is 5.02 Å². The molecule has 1 aliphatic heterocycles. The first-order valence-electron chi connectivity index (χ1n) is 7.56. The molecule has 5 nitrogen and oxygen atoms in total. The molecule has 1 saturated heterocycles. The lowest BCUT2D eigenvalue weighted by molar-refractivity contribution is -0.117. The molecule has 2 unspecified atom stereocenters. The zero-order valence-electron chi connectivity index (χ0n) is 12.9. The summed E-state index contributed by atoms with van der Waals surface area (Å²) in [6.07, 6.45) is 3.77. The van der Waals surface area contributed by atoms with Crippen LogP contribution < -0.4 is 14.8 Å². The van der Waals surface area contributed by atoms with Gasteiger partial charge in [0.1, 0.15) is 11.5 Å². The lowest BCUT2D eigenvalue weighted by atomic mass is 10.1. The number of piperidine rings is 1. The molecule has 2 aliphatic rings. The van der Waals surface area contributed by atoms with Crippen molar-refractivity contribution in [2.75, 3.05) is 32.6 Å². The number of nitrogens with zero attached hydrogens (tertiary/aromatic N) is 1. The Labute approximate surface area is 135 Å². The quantitative estimate of drug-likeness (QED) is 0.905. The Kier molecular flexibility index (Phi) is 4.45. The number of anilines is 1. The van der Waals surface area contributed by atoms with Gasteiger partial charge in [0.2, 0.25) is 5.91 Å². The molecule has 0 radical (unpaired) electrons. The highest BCUT2D eigenvalue weighted by molar-refractivity contribution is 6.32. The van der Waals surface area contributed by atoms with Crippen LogP contribution in [0.5, 0.6) is 11.5 Å². The predicted molar refractivity (Wildman–Crippen MR) is 85.9 cm³/mol. The normalized spacial score (nSPS) is 23.6. The molecular weight excluding hydrogens is 304 g/mol. The molecule has 1 aliphatic carbocycles. The molecule has 22 heavy (non-hydrogen) atoms. The smallest absolute Gasteiger partial charge is 0.238 e. The number of ether oxygens (including phenoxy) is 2. The SMILES string of the molecule is COc1cc(OC)c(NC(=O)CN2CC3CCC2C3)cc1Cl. The summed E-state index contributed by atoms with van der Waals surface area (Å²) in [5.41, 5.74) is 0.572. The molecule has 1 aromatic rings. The average Bonchev–Trinajstić information content (AvgIpc) is 3.10. The molecule has 0 aromatic heterocycles. The molecule has 120 valence electrons. The maximum atomic E-state index is 12.3. The van der Waals surface area contributed by atoms with E-state index >= 15 is 0 Å². The van der Waals surface area contributed by atoms with E-state index in [1.807, 2.05) is 0 Å². The zero-order chi connectivity index (χ0) is 15.7. The average molecular weight is 325 g/mol. The molecule has 1 amide bonds. The van der Waals surface area contributed by atoms with Gasteiger partial charge in [-0.3, -0.25) is 9.69 Å². The van der Waals surface area contributed by atoms with E-state index in [0.717, 1.165) is 12.5 Å². The highest BCUT2D eigenvalue weighted by Gasteiger charge is 2.38. The van der Waals surface area contributed by atoms with Crippen molar-refractivity contribution in [3.05, 3.63) is 17.2 Å². The molecule has 2 bridgehead atoms. The Bertz CT molecular complexity index is 579. The Morgan fingerprint density at radius 2 is 2.09 bits per heavy atom. The van der Waals surface area contributed by atoms with Crippen molar-refractivity contribution >= 4 is 23.2 Å². The van der Waals surface area contributed by atoms with Crippen molar-refractivity contribution in [3.8, 4) is 11.5 Å². The second-order valence-electron chi connectivity index (χ2n) is 6.00. The third-order valence-corrected chi connectivity index (χ3v) is 4.91. The van der Waals surface area contributed by atoms with Gasteiger partial charge in [-0.25, -0.2) is 0 Å². The lowest BCUT2D eigenvalue weighted by Crippen LogP contribution is -2.38. The van der Waals surface area contributed by atoms with E-state index in [2.05, 4.69) is 10.2 Å². The number of hydrogen-bond donors (Lipinski definition) is 1. The Morgan fingerprint density at radius 1 is 1.32 bits per heavy atom. The minimum Gasteiger partial charge on any atom is -0.495 e. The van der Waals surface area contributed by atoms with E-state index in [9.17, 15) is 4.79 Å². The number of likely N-dealkylation sites (tertiary alicyclic amines) is 1. The van der Waals surface area contributed by atoms with E-state index in [0.29, 0.717) is 34.8 Å². The van der Waals surface area contributed by atoms with Crippen LogP contribution in [0.3, 0.4) is 0 Å². The summed E-state index contributed by atoms with van der Waals surface area (Å²) in [6, 6.07) is 3.92. The molecule has 3 rings (SSSR count). The number of carbonyl (C=O) groups is 1. The molecule has 1 aromatic carbocycles. The van der Waals surface area contributed by atoms with E-state index in [1.165, 1.54) is 19.3 Å². The van der Waals surface area contributed by atoms with Crippen LogP contribution in [-0.2, 0) is 4.79 Å². The summed E-state index contributed by atoms with van der Waals surface area (Å²) in [5, 5.41) is 3.34. The van der Waals surface area contributed by atoms with Gasteiger partial charge < -0.3 is 14.8 Å². The molecule has 1 N–H and O–H groups in total. The van der Waals surface area contributed by atoms with Crippen LogP contribution in [0.4, 0.5) is 5.69 Å². The lowest BCUT2D eigenvalue weighted by Gasteiger charge is -2.26. The van der Waals surface area contributed by atoms with Crippen LogP contribution in [0, 0.1) is 5.92 Å². The van der Waals surface area contributed by atoms with E-state index in [-0.39, 0.29) is 5.91 Å². The first kappa shape index (κ1) is 15.4. The summed E-state index contributed by atoms with van der Waals surface area (Å²) in [5.74, 6) is 1.81. The summed E-state index contributed by atoms with van der Waals surface area (Å²) in [7, 11) is 3.10. The van der Waals surface area contributed by atoms with Crippen molar-refractivity contribution in [1.82, 2.24) is 4.90 Å². The van der Waals surface area contributed by atoms with E-state index in [1.54, 1.807) is 26.4 Å². The summed E-state index contributed by atoms with van der Waals surface area (Å²) in [4.78, 5) is 14.6. The van der Waals surface area contributed by atoms with Gasteiger partial charge in [0.05, 0.1) is 31.5 Å². The summed E-state index contributed by atoms with van der Waals surface area (Å²) in [6.45, 7) is 1.46. The van der Waals surface area contributed by atoms with Crippen LogP contribution in [0.25, 0.3) is 0 Å². The number of fused-ring (bicyclic) bond motifs is 2. The van der Waals surface area contributed by atoms with Crippen molar-refractivity contribution in [2.45, 2.75) is 25.3 Å². The summed E-state index contributed by atoms with van der Waals surface area (Å²) < 4.78 is 10.5. The zero-order valence-corrected chi connectivity index (χ0v) is 13.7. The van der Waals surface area contributed by atoms with E-state index < -0.39 is 0 Å². The van der Waals surface area contributed by atoms with Gasteiger partial charge >= 0.3 is 0 Å². The molecule has 1 heterocycles. The van der Waals surface area contributed by atoms with Crippen LogP contribution in [-0.4, -0.2) is 44.2 Å². The minimum atomic E-state index is -0.0351. The number of amides is 1. The van der Waals surface area contributed by atoms with Crippen LogP contribution >= 0.6 is 11.6 Å². The highest BCUT2D eigenvalue weighted by Crippen LogP contribution is 2.38. The van der Waals surface area contributed by atoms with Crippen LogP contribution in [0.15, 0.2) is 12.1 Å². The van der Waals surface area contributed by atoms with Crippen LogP contribution in [0.1, 0.15) is 19.3 Å². The maximum absolute atomic E-state index is 12.3. The predicted octanol–water partition coefficient (Wildman–Crippen LogP) is 2.78. The van der Waals surface area contributed by atoms with Gasteiger partial charge in [0.15, 0.2) is 0 Å². The molecular formula is C16H21ClN2O3. The van der Waals surface area contributed by atoms with Crippen molar-refractivity contribution in [3.63, 3.8) is 0 Å². The highest BCUT2D eigenvalue weighted by atomic mass is 35.5. The molecule has 1 saturated carbocycles. The number of halogens is 1. The number of methoxy groups -OCH3 is 2. The third kappa shape index (κ3) is 3.01. The van der Waals surface area contributed by atoms with Gasteiger partial charge in [0.25, 0.3) is 0 Å². The number of benzene rings is 1. The monoisotopic (exact) mass is 324 g/mol. The fourth-order valence-corrected chi connectivity index (χ4v) is 3.79. The maximum Gasteiger partial charge on any atom is 0.238 e. The molecule has 2 fully saturated rings. The number of carbonyl (C=O) groups excluding carboxylic acids is 1. The largest absolute Gasteiger partial charge is 0.495 e. The van der Waals surface area contributed by atoms with E-state index in [4.69, 9.17) is 21.1 Å². The fraction of sp³-hybridized carbons (Fsp3) is 0.562. The van der Waals surface area contributed by atoms with Gasteiger partial charge in [-0.05, 0) is 31.2 Å². The Morgan fingerprint density at radius 3 is 2.68 bits per heavy atom. The van der Waals surface area contributed by atoms with Gasteiger partial charge in [0, 0.05) is 18.7 Å². The number of rotatable bonds is 5. The standard InChI is InChI=1S/C16H21ClN2O3/c1-21-14-7-15(22-2)13(6-12(14)17)18-16(20)9-19-8-10-3-4-11(19)5-10/h6-7,10-11H,3-5,8-9H2,1-2H3,(H,18,20). The fourth-order valence-electron chi connectivity index (χ4n) is 3.55. The molecule has 2 atom stereocenters. The molecule has 0 spiro atoms. The summed E-state index contributed by atoms with van der Waals surface area (Å²) >= 11 is 6.12. The Balaban J connectivity index is 1.67. The first-order chi connectivity index (χ1) is 10.6. The second kappa shape index (κ2) is 6.34. The first-order valence-corrected chi connectivity index (χ1v) is 7.94. The third-order valence-electron chi connectivity index (χ3n) is 4.62. The van der Waals surface area contributed by atoms with Crippen molar-refractivity contribution in [1.29, 1.82) is 0 Å². The topological polar surface area (TPSA) is 50.8 Å².